The van der Waals surface area contributed by atoms with Crippen molar-refractivity contribution in [2.75, 3.05) is 13.2 Å². The number of nitrogens with zero attached hydrogens (tertiary/aromatic N) is 2. The molecule has 0 radical (unpaired) electrons. The van der Waals surface area contributed by atoms with Crippen LogP contribution in [-0.4, -0.2) is 35.1 Å². The van der Waals surface area contributed by atoms with Crippen LogP contribution in [0.3, 0.4) is 0 Å². The van der Waals surface area contributed by atoms with Crippen LogP contribution in [0.25, 0.3) is 0 Å². The molecule has 104 valence electrons. The second-order valence-electron chi connectivity index (χ2n) is 4.37. The summed E-state index contributed by atoms with van der Waals surface area (Å²) in [6.45, 7) is 2.54. The Bertz CT molecular complexity index is 462. The quantitative estimate of drug-likeness (QED) is 0.904. The van der Waals surface area contributed by atoms with Gasteiger partial charge in [-0.3, -0.25) is 4.79 Å². The summed E-state index contributed by atoms with van der Waals surface area (Å²) in [5, 5.41) is 2.64. The summed E-state index contributed by atoms with van der Waals surface area (Å²) in [5.74, 6) is -0.331. The molecule has 1 aromatic rings. The largest absolute Gasteiger partial charge is 0.376 e. The maximum absolute atomic E-state index is 12.6. The van der Waals surface area contributed by atoms with Gasteiger partial charge in [-0.05, 0) is 25.8 Å². The van der Waals surface area contributed by atoms with Gasteiger partial charge in [0, 0.05) is 13.2 Å². The molecular formula is C12H15F2N3O2. The molecule has 1 aliphatic heterocycles. The van der Waals surface area contributed by atoms with E-state index in [2.05, 4.69) is 15.3 Å². The Morgan fingerprint density at radius 2 is 2.37 bits per heavy atom. The van der Waals surface area contributed by atoms with Gasteiger partial charge in [-0.15, -0.1) is 0 Å². The number of ether oxygens (including phenoxy) is 1. The minimum Gasteiger partial charge on any atom is -0.376 e. The van der Waals surface area contributed by atoms with E-state index in [1.165, 1.54) is 6.92 Å². The van der Waals surface area contributed by atoms with Crippen molar-refractivity contribution in [3.8, 4) is 0 Å². The smallest absolute Gasteiger partial charge is 0.280 e. The van der Waals surface area contributed by atoms with Crippen LogP contribution in [-0.2, 0) is 4.74 Å². The Morgan fingerprint density at radius 1 is 1.58 bits per heavy atom. The molecule has 0 spiro atoms. The van der Waals surface area contributed by atoms with Crippen molar-refractivity contribution in [3.63, 3.8) is 0 Å². The van der Waals surface area contributed by atoms with E-state index in [9.17, 15) is 13.6 Å². The first-order valence-corrected chi connectivity index (χ1v) is 6.10. The molecule has 1 aliphatic rings. The van der Waals surface area contributed by atoms with Crippen molar-refractivity contribution in [1.82, 2.24) is 15.3 Å². The van der Waals surface area contributed by atoms with Gasteiger partial charge in [0.1, 0.15) is 17.2 Å². The average molecular weight is 271 g/mol. The molecule has 2 rings (SSSR count). The summed E-state index contributed by atoms with van der Waals surface area (Å²) >= 11 is 0. The number of halogens is 2. The molecule has 1 atom stereocenters. The summed E-state index contributed by atoms with van der Waals surface area (Å²) in [4.78, 5) is 19.3. The van der Waals surface area contributed by atoms with Crippen LogP contribution in [0.1, 0.15) is 41.3 Å². The van der Waals surface area contributed by atoms with E-state index >= 15 is 0 Å². The Kier molecular flexibility index (Phi) is 4.36. The summed E-state index contributed by atoms with van der Waals surface area (Å²) in [6.07, 6.45) is -0.846. The number of nitrogens with one attached hydrogen (secondary N) is 1. The molecule has 5 nitrogen and oxygen atoms in total. The third-order valence-corrected chi connectivity index (χ3v) is 2.83. The van der Waals surface area contributed by atoms with Crippen LogP contribution in [0, 0.1) is 6.92 Å². The van der Waals surface area contributed by atoms with E-state index < -0.39 is 18.0 Å². The minimum absolute atomic E-state index is 0.00135. The van der Waals surface area contributed by atoms with Crippen LogP contribution in [0.4, 0.5) is 8.78 Å². The minimum atomic E-state index is -2.72. The molecule has 1 saturated heterocycles. The monoisotopic (exact) mass is 271 g/mol. The van der Waals surface area contributed by atoms with E-state index in [1.54, 1.807) is 0 Å². The molecular weight excluding hydrogens is 256 g/mol. The zero-order valence-electron chi connectivity index (χ0n) is 10.5. The zero-order chi connectivity index (χ0) is 13.8. The predicted molar refractivity (Wildman–Crippen MR) is 63.0 cm³/mol. The first-order chi connectivity index (χ1) is 9.06. The fourth-order valence-electron chi connectivity index (χ4n) is 1.92. The Balaban J connectivity index is 2.01. The van der Waals surface area contributed by atoms with Gasteiger partial charge in [-0.25, -0.2) is 18.7 Å². The average Bonchev–Trinajstić information content (AvgIpc) is 2.88. The highest BCUT2D eigenvalue weighted by Gasteiger charge is 2.19. The van der Waals surface area contributed by atoms with Gasteiger partial charge in [0.05, 0.1) is 6.10 Å². The highest BCUT2D eigenvalue weighted by molar-refractivity contribution is 5.92. The maximum Gasteiger partial charge on any atom is 0.280 e. The number of amides is 1. The Labute approximate surface area is 109 Å². The van der Waals surface area contributed by atoms with Crippen LogP contribution < -0.4 is 5.32 Å². The molecule has 1 aromatic heterocycles. The topological polar surface area (TPSA) is 64.1 Å². The number of hydrogen-bond donors (Lipinski definition) is 1. The molecule has 7 heteroatoms. The molecule has 1 unspecified atom stereocenters. The molecule has 0 saturated carbocycles. The molecule has 1 fully saturated rings. The lowest BCUT2D eigenvalue weighted by atomic mass is 10.2. The number of rotatable bonds is 4. The molecule has 1 N–H and O–H groups in total. The number of aryl methyl sites for hydroxylation is 1. The first-order valence-electron chi connectivity index (χ1n) is 6.10. The standard InChI is InChI=1S/C12H15F2N3O2/c1-7-16-9(11(13)14)5-10(17-7)12(18)15-6-8-3-2-4-19-8/h5,8,11H,2-4,6H2,1H3,(H,15,18). The van der Waals surface area contributed by atoms with Crippen molar-refractivity contribution in [1.29, 1.82) is 0 Å². The van der Waals surface area contributed by atoms with Crippen LogP contribution >= 0.6 is 0 Å². The molecule has 0 aliphatic carbocycles. The SMILES string of the molecule is Cc1nc(C(=O)NCC2CCCO2)cc(C(F)F)n1. The highest BCUT2D eigenvalue weighted by Crippen LogP contribution is 2.17. The lowest BCUT2D eigenvalue weighted by Gasteiger charge is -2.11. The van der Waals surface area contributed by atoms with E-state index in [1.807, 2.05) is 0 Å². The third kappa shape index (κ3) is 3.66. The van der Waals surface area contributed by atoms with Crippen molar-refractivity contribution in [3.05, 3.63) is 23.3 Å². The van der Waals surface area contributed by atoms with Crippen molar-refractivity contribution in [2.24, 2.45) is 0 Å². The first kappa shape index (κ1) is 13.8. The lowest BCUT2D eigenvalue weighted by molar-refractivity contribution is 0.0852. The lowest BCUT2D eigenvalue weighted by Crippen LogP contribution is -2.32. The van der Waals surface area contributed by atoms with E-state index in [4.69, 9.17) is 4.74 Å². The van der Waals surface area contributed by atoms with Gasteiger partial charge in [-0.1, -0.05) is 0 Å². The molecule has 0 bridgehead atoms. The number of hydrogen-bond acceptors (Lipinski definition) is 4. The second-order valence-corrected chi connectivity index (χ2v) is 4.37. The molecule has 19 heavy (non-hydrogen) atoms. The maximum atomic E-state index is 12.6. The van der Waals surface area contributed by atoms with Crippen molar-refractivity contribution >= 4 is 5.91 Å². The molecule has 2 heterocycles. The fraction of sp³-hybridized carbons (Fsp3) is 0.583. The Hall–Kier alpha value is -1.63. The van der Waals surface area contributed by atoms with Gasteiger partial charge < -0.3 is 10.1 Å². The number of carbonyl (C=O) groups excluding carboxylic acids is 1. The van der Waals surface area contributed by atoms with Crippen LogP contribution in [0.5, 0.6) is 0 Å². The van der Waals surface area contributed by atoms with E-state index in [0.717, 1.165) is 18.9 Å². The summed E-state index contributed by atoms with van der Waals surface area (Å²) in [6, 6.07) is 1.02. The van der Waals surface area contributed by atoms with E-state index in [-0.39, 0.29) is 17.6 Å². The van der Waals surface area contributed by atoms with E-state index in [0.29, 0.717) is 13.2 Å². The van der Waals surface area contributed by atoms with Crippen LogP contribution in [0.15, 0.2) is 6.07 Å². The molecule has 1 amide bonds. The predicted octanol–water partition coefficient (Wildman–Crippen LogP) is 1.63. The summed E-state index contributed by atoms with van der Waals surface area (Å²) in [5.41, 5.74) is -0.476. The van der Waals surface area contributed by atoms with Gasteiger partial charge in [0.15, 0.2) is 0 Å². The Morgan fingerprint density at radius 3 is 3.00 bits per heavy atom. The van der Waals surface area contributed by atoms with Gasteiger partial charge >= 0.3 is 0 Å². The van der Waals surface area contributed by atoms with Crippen molar-refractivity contribution < 1.29 is 18.3 Å². The van der Waals surface area contributed by atoms with Gasteiger partial charge in [-0.2, -0.15) is 0 Å². The number of aromatic nitrogens is 2. The summed E-state index contributed by atoms with van der Waals surface area (Å²) < 4.78 is 30.5. The van der Waals surface area contributed by atoms with Gasteiger partial charge in [0.25, 0.3) is 12.3 Å². The third-order valence-electron chi connectivity index (χ3n) is 2.83. The number of carbonyl (C=O) groups is 1. The van der Waals surface area contributed by atoms with Gasteiger partial charge in [0.2, 0.25) is 0 Å². The zero-order valence-corrected chi connectivity index (χ0v) is 10.5. The molecule has 0 aromatic carbocycles. The fourth-order valence-corrected chi connectivity index (χ4v) is 1.92. The second kappa shape index (κ2) is 6.01. The van der Waals surface area contributed by atoms with Crippen LogP contribution in [0.2, 0.25) is 0 Å². The normalized spacial score (nSPS) is 18.8. The summed E-state index contributed by atoms with van der Waals surface area (Å²) in [7, 11) is 0. The van der Waals surface area contributed by atoms with Crippen molar-refractivity contribution in [2.45, 2.75) is 32.3 Å². The highest BCUT2D eigenvalue weighted by atomic mass is 19.3. The number of alkyl halides is 2.